The van der Waals surface area contributed by atoms with Crippen molar-refractivity contribution >= 4 is 11.6 Å². The summed E-state index contributed by atoms with van der Waals surface area (Å²) in [5, 5.41) is 3.99. The van der Waals surface area contributed by atoms with Crippen LogP contribution in [0.3, 0.4) is 0 Å². The number of halogens is 2. The van der Waals surface area contributed by atoms with E-state index < -0.39 is 0 Å². The highest BCUT2D eigenvalue weighted by Gasteiger charge is 2.16. The Morgan fingerprint density at radius 2 is 1.95 bits per heavy atom. The summed E-state index contributed by atoms with van der Waals surface area (Å²) < 4.78 is 13.5. The van der Waals surface area contributed by atoms with Gasteiger partial charge >= 0.3 is 0 Å². The monoisotopic (exact) mass is 291 g/mol. The molecule has 0 aromatic heterocycles. The van der Waals surface area contributed by atoms with E-state index in [0.717, 1.165) is 18.5 Å². The van der Waals surface area contributed by atoms with Crippen LogP contribution in [-0.4, -0.2) is 6.54 Å². The summed E-state index contributed by atoms with van der Waals surface area (Å²) in [7, 11) is 0. The number of hydrogen-bond acceptors (Lipinski definition) is 1. The van der Waals surface area contributed by atoms with Crippen molar-refractivity contribution in [2.45, 2.75) is 26.3 Å². The van der Waals surface area contributed by atoms with Crippen LogP contribution in [0.25, 0.3) is 0 Å². The van der Waals surface area contributed by atoms with Crippen LogP contribution >= 0.6 is 11.6 Å². The first-order valence-electron chi connectivity index (χ1n) is 6.84. The summed E-state index contributed by atoms with van der Waals surface area (Å²) in [6, 6.07) is 12.8. The predicted octanol–water partition coefficient (Wildman–Crippen LogP) is 4.68. The molecule has 2 aromatic rings. The molecule has 0 aliphatic carbocycles. The third kappa shape index (κ3) is 3.59. The lowest BCUT2D eigenvalue weighted by Gasteiger charge is -2.21. The second kappa shape index (κ2) is 6.87. The molecule has 0 amide bonds. The largest absolute Gasteiger partial charge is 0.310 e. The molecule has 0 spiro atoms. The van der Waals surface area contributed by atoms with Gasteiger partial charge < -0.3 is 5.32 Å². The van der Waals surface area contributed by atoms with Crippen molar-refractivity contribution in [3.8, 4) is 0 Å². The van der Waals surface area contributed by atoms with Crippen LogP contribution in [0.4, 0.5) is 4.39 Å². The van der Waals surface area contributed by atoms with Crippen molar-refractivity contribution in [2.75, 3.05) is 6.54 Å². The highest BCUT2D eigenvalue weighted by Crippen LogP contribution is 2.27. The molecule has 20 heavy (non-hydrogen) atoms. The average molecular weight is 292 g/mol. The number of aryl methyl sites for hydroxylation is 1. The maximum atomic E-state index is 13.5. The zero-order valence-electron chi connectivity index (χ0n) is 11.8. The standard InChI is InChI=1S/C17H19ClFN/c1-3-20-17(10-13-7-5-4-6-12(13)2)15-11-14(19)8-9-16(15)18/h4-9,11,17,20H,3,10H2,1-2H3. The van der Waals surface area contributed by atoms with Crippen LogP contribution in [0.1, 0.15) is 29.7 Å². The molecule has 0 saturated heterocycles. The molecule has 1 unspecified atom stereocenters. The Morgan fingerprint density at radius 3 is 2.65 bits per heavy atom. The predicted molar refractivity (Wildman–Crippen MR) is 82.7 cm³/mol. The summed E-state index contributed by atoms with van der Waals surface area (Å²) in [6.07, 6.45) is 0.795. The lowest BCUT2D eigenvalue weighted by Crippen LogP contribution is -2.23. The second-order valence-electron chi connectivity index (χ2n) is 4.91. The van der Waals surface area contributed by atoms with Gasteiger partial charge in [0, 0.05) is 11.1 Å². The Balaban J connectivity index is 2.32. The molecule has 2 rings (SSSR count). The van der Waals surface area contributed by atoms with Crippen molar-refractivity contribution in [1.82, 2.24) is 5.32 Å². The van der Waals surface area contributed by atoms with Gasteiger partial charge in [-0.3, -0.25) is 0 Å². The molecule has 106 valence electrons. The zero-order chi connectivity index (χ0) is 14.5. The average Bonchev–Trinajstić information content (AvgIpc) is 2.43. The summed E-state index contributed by atoms with van der Waals surface area (Å²) in [5.41, 5.74) is 3.30. The molecule has 0 aliphatic rings. The maximum Gasteiger partial charge on any atom is 0.123 e. The molecule has 0 saturated carbocycles. The van der Waals surface area contributed by atoms with E-state index in [4.69, 9.17) is 11.6 Å². The third-order valence-corrected chi connectivity index (χ3v) is 3.81. The van der Waals surface area contributed by atoms with E-state index in [2.05, 4.69) is 24.4 Å². The van der Waals surface area contributed by atoms with Gasteiger partial charge in [0.2, 0.25) is 0 Å². The molecule has 1 nitrogen and oxygen atoms in total. The Morgan fingerprint density at radius 1 is 1.20 bits per heavy atom. The van der Waals surface area contributed by atoms with Gasteiger partial charge in [-0.2, -0.15) is 0 Å². The first-order chi connectivity index (χ1) is 9.61. The van der Waals surface area contributed by atoms with E-state index in [1.165, 1.54) is 23.3 Å². The van der Waals surface area contributed by atoms with Crippen LogP contribution in [0.2, 0.25) is 5.02 Å². The van der Waals surface area contributed by atoms with E-state index in [0.29, 0.717) is 5.02 Å². The number of rotatable bonds is 5. The van der Waals surface area contributed by atoms with Gasteiger partial charge in [0.05, 0.1) is 0 Å². The first-order valence-corrected chi connectivity index (χ1v) is 7.22. The van der Waals surface area contributed by atoms with E-state index in [1.807, 2.05) is 19.1 Å². The van der Waals surface area contributed by atoms with Gasteiger partial charge in [-0.25, -0.2) is 4.39 Å². The minimum atomic E-state index is -0.253. The van der Waals surface area contributed by atoms with Gasteiger partial charge in [0.25, 0.3) is 0 Å². The molecule has 1 atom stereocenters. The molecular weight excluding hydrogens is 273 g/mol. The number of benzene rings is 2. The fourth-order valence-electron chi connectivity index (χ4n) is 2.38. The summed E-state index contributed by atoms with van der Waals surface area (Å²) in [4.78, 5) is 0. The second-order valence-corrected chi connectivity index (χ2v) is 5.31. The van der Waals surface area contributed by atoms with Gasteiger partial charge in [0.1, 0.15) is 5.82 Å². The van der Waals surface area contributed by atoms with Crippen molar-refractivity contribution < 1.29 is 4.39 Å². The lowest BCUT2D eigenvalue weighted by atomic mass is 9.96. The summed E-state index contributed by atoms with van der Waals surface area (Å²) in [5.74, 6) is -0.253. The van der Waals surface area contributed by atoms with E-state index in [9.17, 15) is 4.39 Å². The SMILES string of the molecule is CCNC(Cc1ccccc1C)c1cc(F)ccc1Cl. The number of likely N-dealkylation sites (N-methyl/N-ethyl adjacent to an activating group) is 1. The molecule has 0 heterocycles. The molecule has 2 aromatic carbocycles. The van der Waals surface area contributed by atoms with Crippen LogP contribution < -0.4 is 5.32 Å². The maximum absolute atomic E-state index is 13.5. The number of hydrogen-bond donors (Lipinski definition) is 1. The van der Waals surface area contributed by atoms with Crippen molar-refractivity contribution in [3.63, 3.8) is 0 Å². The Bertz CT molecular complexity index is 583. The lowest BCUT2D eigenvalue weighted by molar-refractivity contribution is 0.542. The smallest absolute Gasteiger partial charge is 0.123 e. The Hall–Kier alpha value is -1.38. The van der Waals surface area contributed by atoms with Gasteiger partial charge in [-0.05, 0) is 54.8 Å². The van der Waals surface area contributed by atoms with Crippen LogP contribution in [0.15, 0.2) is 42.5 Å². The minimum Gasteiger partial charge on any atom is -0.310 e. The van der Waals surface area contributed by atoms with E-state index >= 15 is 0 Å². The van der Waals surface area contributed by atoms with Crippen molar-refractivity contribution in [1.29, 1.82) is 0 Å². The topological polar surface area (TPSA) is 12.0 Å². The Labute approximate surface area is 124 Å². The molecular formula is C17H19ClFN. The quantitative estimate of drug-likeness (QED) is 0.843. The summed E-state index contributed by atoms with van der Waals surface area (Å²) in [6.45, 7) is 4.94. The van der Waals surface area contributed by atoms with E-state index in [-0.39, 0.29) is 11.9 Å². The van der Waals surface area contributed by atoms with Crippen LogP contribution in [0.5, 0.6) is 0 Å². The normalized spacial score (nSPS) is 12.4. The summed E-state index contributed by atoms with van der Waals surface area (Å²) >= 11 is 6.23. The molecule has 0 radical (unpaired) electrons. The molecule has 1 N–H and O–H groups in total. The van der Waals surface area contributed by atoms with Gasteiger partial charge in [-0.1, -0.05) is 42.8 Å². The van der Waals surface area contributed by atoms with Crippen molar-refractivity contribution in [3.05, 3.63) is 70.0 Å². The first kappa shape index (κ1) is 15.0. The minimum absolute atomic E-state index is 0.0179. The molecule has 0 aliphatic heterocycles. The fraction of sp³-hybridized carbons (Fsp3) is 0.294. The van der Waals surface area contributed by atoms with Crippen molar-refractivity contribution in [2.24, 2.45) is 0 Å². The highest BCUT2D eigenvalue weighted by atomic mass is 35.5. The number of nitrogens with one attached hydrogen (secondary N) is 1. The van der Waals surface area contributed by atoms with E-state index in [1.54, 1.807) is 6.07 Å². The molecule has 0 bridgehead atoms. The highest BCUT2D eigenvalue weighted by molar-refractivity contribution is 6.31. The third-order valence-electron chi connectivity index (χ3n) is 3.47. The van der Waals surface area contributed by atoms with Crippen LogP contribution in [-0.2, 0) is 6.42 Å². The van der Waals surface area contributed by atoms with Gasteiger partial charge in [0.15, 0.2) is 0 Å². The molecule has 0 fully saturated rings. The zero-order valence-corrected chi connectivity index (χ0v) is 12.5. The fourth-order valence-corrected chi connectivity index (χ4v) is 2.63. The van der Waals surface area contributed by atoms with Gasteiger partial charge in [-0.15, -0.1) is 0 Å². The van der Waals surface area contributed by atoms with Crippen LogP contribution in [0, 0.1) is 12.7 Å². The Kier molecular flexibility index (Phi) is 5.16. The molecule has 3 heteroatoms.